The van der Waals surface area contributed by atoms with Gasteiger partial charge in [-0.25, -0.2) is 9.59 Å². The summed E-state index contributed by atoms with van der Waals surface area (Å²) in [4.78, 5) is 47.5. The Hall–Kier alpha value is -1.80. The molecular weight excluding hydrogens is 296 g/mol. The molecule has 0 aromatic rings. The molecule has 22 heavy (non-hydrogen) atoms. The molecule has 0 fully saturated rings. The maximum atomic E-state index is 12.3. The van der Waals surface area contributed by atoms with Gasteiger partial charge >= 0.3 is 11.9 Å². The second kappa shape index (κ2) is 5.44. The average molecular weight is 318 g/mol. The maximum Gasteiger partial charge on any atom is 0.347 e. The van der Waals surface area contributed by atoms with Gasteiger partial charge < -0.3 is 20.4 Å². The highest BCUT2D eigenvalue weighted by molar-refractivity contribution is 6.23. The molecule has 8 nitrogen and oxygen atoms in total. The van der Waals surface area contributed by atoms with Gasteiger partial charge in [0.1, 0.15) is 0 Å². The molecule has 0 saturated carbocycles. The number of ketones is 2. The van der Waals surface area contributed by atoms with Gasteiger partial charge in [0.05, 0.1) is 0 Å². The smallest absolute Gasteiger partial charge is 0.347 e. The summed E-state index contributed by atoms with van der Waals surface area (Å²) in [5.74, 6) is -7.60. The molecule has 4 N–H and O–H groups in total. The molecule has 126 valence electrons. The maximum absolute atomic E-state index is 12.3. The molecule has 2 atom stereocenters. The third-order valence-electron chi connectivity index (χ3n) is 3.16. The Labute approximate surface area is 127 Å². The molecule has 8 heteroatoms. The quantitative estimate of drug-likeness (QED) is 0.511. The molecule has 0 saturated heterocycles. The van der Waals surface area contributed by atoms with Crippen LogP contribution in [0.5, 0.6) is 0 Å². The van der Waals surface area contributed by atoms with Crippen molar-refractivity contribution in [2.24, 2.45) is 10.8 Å². The largest absolute Gasteiger partial charge is 0.479 e. The monoisotopic (exact) mass is 318 g/mol. The van der Waals surface area contributed by atoms with Crippen molar-refractivity contribution in [3.8, 4) is 0 Å². The fourth-order valence-electron chi connectivity index (χ4n) is 1.92. The van der Waals surface area contributed by atoms with Crippen LogP contribution in [0.25, 0.3) is 0 Å². The van der Waals surface area contributed by atoms with E-state index in [-0.39, 0.29) is 0 Å². The lowest BCUT2D eigenvalue weighted by molar-refractivity contribution is -0.212. The first-order chi connectivity index (χ1) is 9.45. The van der Waals surface area contributed by atoms with E-state index < -0.39 is 45.5 Å². The van der Waals surface area contributed by atoms with Gasteiger partial charge in [-0.3, -0.25) is 9.59 Å². The van der Waals surface area contributed by atoms with E-state index in [0.717, 1.165) is 0 Å². The third kappa shape index (κ3) is 2.89. The second-order valence-corrected chi connectivity index (χ2v) is 7.19. The van der Waals surface area contributed by atoms with Gasteiger partial charge in [-0.15, -0.1) is 0 Å². The van der Waals surface area contributed by atoms with Gasteiger partial charge in [0.2, 0.25) is 0 Å². The van der Waals surface area contributed by atoms with E-state index in [1.54, 1.807) is 0 Å². The Bertz CT molecular complexity index is 474. The Balaban J connectivity index is 6.67. The Morgan fingerprint density at radius 3 is 0.864 bits per heavy atom. The number of carboxylic acids is 2. The predicted molar refractivity (Wildman–Crippen MR) is 74.1 cm³/mol. The van der Waals surface area contributed by atoms with E-state index in [9.17, 15) is 39.6 Å². The van der Waals surface area contributed by atoms with Gasteiger partial charge in [0.15, 0.2) is 11.6 Å². The number of carboxylic acid groups (broad SMARTS) is 2. The fraction of sp³-hybridized carbons (Fsp3) is 0.714. The SMILES string of the molecule is CC(C)(C)C(=O)C(O)(C(=O)O)C(O)(C(=O)O)C(=O)C(C)(C)C. The molecule has 2 unspecified atom stereocenters. The number of aliphatic hydroxyl groups is 2. The first-order valence-electron chi connectivity index (χ1n) is 6.46. The van der Waals surface area contributed by atoms with Crippen molar-refractivity contribution < 1.29 is 39.6 Å². The van der Waals surface area contributed by atoms with E-state index >= 15 is 0 Å². The Morgan fingerprint density at radius 1 is 0.591 bits per heavy atom. The molecule has 0 aliphatic carbocycles. The molecule has 0 bridgehead atoms. The lowest BCUT2D eigenvalue weighted by Gasteiger charge is -2.40. The zero-order valence-electron chi connectivity index (χ0n) is 13.4. The topological polar surface area (TPSA) is 149 Å². The number of hydrogen-bond acceptors (Lipinski definition) is 6. The van der Waals surface area contributed by atoms with Gasteiger partial charge in [-0.1, -0.05) is 41.5 Å². The molecule has 0 aromatic heterocycles. The first-order valence-corrected chi connectivity index (χ1v) is 6.46. The summed E-state index contributed by atoms with van der Waals surface area (Å²) in [6.07, 6.45) is 0. The molecule has 0 amide bonds. The number of aliphatic carboxylic acids is 2. The van der Waals surface area contributed by atoms with Crippen LogP contribution >= 0.6 is 0 Å². The van der Waals surface area contributed by atoms with Crippen molar-refractivity contribution in [2.75, 3.05) is 0 Å². The zero-order chi connectivity index (χ0) is 18.3. The van der Waals surface area contributed by atoms with Crippen molar-refractivity contribution in [1.29, 1.82) is 0 Å². The third-order valence-corrected chi connectivity index (χ3v) is 3.16. The summed E-state index contributed by atoms with van der Waals surface area (Å²) in [5, 5.41) is 39.1. The van der Waals surface area contributed by atoms with Crippen LogP contribution in [0.3, 0.4) is 0 Å². The summed E-state index contributed by atoms with van der Waals surface area (Å²) in [6.45, 7) is 7.38. The lowest BCUT2D eigenvalue weighted by atomic mass is 9.65. The standard InChI is InChI=1S/C14H22O8/c1-11(2,3)7(15)13(21,9(17)18)14(22,10(19)20)8(16)12(4,5)6/h21-22H,1-6H3,(H,17,18)(H,19,20). The highest BCUT2D eigenvalue weighted by atomic mass is 16.5. The van der Waals surface area contributed by atoms with Crippen molar-refractivity contribution in [3.63, 3.8) is 0 Å². The molecule has 0 aromatic carbocycles. The zero-order valence-corrected chi connectivity index (χ0v) is 13.4. The number of hydrogen-bond donors (Lipinski definition) is 4. The van der Waals surface area contributed by atoms with Crippen LogP contribution < -0.4 is 0 Å². The number of rotatable bonds is 5. The first kappa shape index (κ1) is 20.2. The molecule has 0 aliphatic rings. The number of carbonyl (C=O) groups excluding carboxylic acids is 2. The van der Waals surface area contributed by atoms with Crippen LogP contribution in [0, 0.1) is 10.8 Å². The van der Waals surface area contributed by atoms with E-state index in [2.05, 4.69) is 0 Å². The van der Waals surface area contributed by atoms with Gasteiger partial charge in [-0.2, -0.15) is 0 Å². The van der Waals surface area contributed by atoms with Crippen molar-refractivity contribution >= 4 is 23.5 Å². The van der Waals surface area contributed by atoms with Crippen LogP contribution in [0.4, 0.5) is 0 Å². The van der Waals surface area contributed by atoms with Gasteiger partial charge in [0.25, 0.3) is 11.2 Å². The molecule has 0 heterocycles. The van der Waals surface area contributed by atoms with Crippen molar-refractivity contribution in [2.45, 2.75) is 52.7 Å². The molecule has 0 rings (SSSR count). The van der Waals surface area contributed by atoms with E-state index in [1.807, 2.05) is 0 Å². The summed E-state index contributed by atoms with van der Waals surface area (Å²) < 4.78 is 0. The molecule has 0 spiro atoms. The highest BCUT2D eigenvalue weighted by Crippen LogP contribution is 2.37. The molecule has 0 radical (unpaired) electrons. The second-order valence-electron chi connectivity index (χ2n) is 7.19. The minimum atomic E-state index is -3.82. The van der Waals surface area contributed by atoms with E-state index in [4.69, 9.17) is 0 Å². The number of Topliss-reactive ketones (excluding diaryl/α,β-unsaturated/α-hetero) is 2. The normalized spacial score (nSPS) is 18.0. The Morgan fingerprint density at radius 2 is 0.773 bits per heavy atom. The molecular formula is C14H22O8. The van der Waals surface area contributed by atoms with Crippen molar-refractivity contribution in [3.05, 3.63) is 0 Å². The summed E-state index contributed by atoms with van der Waals surface area (Å²) >= 11 is 0. The van der Waals surface area contributed by atoms with E-state index in [0.29, 0.717) is 0 Å². The minimum Gasteiger partial charge on any atom is -0.479 e. The number of carbonyl (C=O) groups is 4. The van der Waals surface area contributed by atoms with Crippen LogP contribution in [-0.4, -0.2) is 55.1 Å². The molecule has 0 aliphatic heterocycles. The van der Waals surface area contributed by atoms with E-state index in [1.165, 1.54) is 41.5 Å². The summed E-state index contributed by atoms with van der Waals surface area (Å²) in [6, 6.07) is 0. The predicted octanol–water partition coefficient (Wildman–Crippen LogP) is -0.152. The summed E-state index contributed by atoms with van der Waals surface area (Å²) in [5.41, 5.74) is -10.7. The van der Waals surface area contributed by atoms with Crippen LogP contribution in [0.2, 0.25) is 0 Å². The van der Waals surface area contributed by atoms with Crippen LogP contribution in [-0.2, 0) is 19.2 Å². The highest BCUT2D eigenvalue weighted by Gasteiger charge is 2.72. The Kier molecular flexibility index (Phi) is 4.99. The van der Waals surface area contributed by atoms with Crippen molar-refractivity contribution in [1.82, 2.24) is 0 Å². The van der Waals surface area contributed by atoms with Gasteiger partial charge in [0, 0.05) is 10.8 Å². The summed E-state index contributed by atoms with van der Waals surface area (Å²) in [7, 11) is 0. The van der Waals surface area contributed by atoms with Crippen LogP contribution in [0.15, 0.2) is 0 Å². The van der Waals surface area contributed by atoms with Crippen LogP contribution in [0.1, 0.15) is 41.5 Å². The lowest BCUT2D eigenvalue weighted by Crippen LogP contribution is -2.74. The van der Waals surface area contributed by atoms with Gasteiger partial charge in [-0.05, 0) is 0 Å². The minimum absolute atomic E-state index is 1.23. The average Bonchev–Trinajstić information content (AvgIpc) is 2.31. The fourth-order valence-corrected chi connectivity index (χ4v) is 1.92.